The SMILES string of the molecule is COc1ccc(CNC(C)c2ccccc2C)cc1C#N. The number of methoxy groups -OCH3 is 1. The summed E-state index contributed by atoms with van der Waals surface area (Å²) in [6, 6.07) is 16.5. The molecule has 0 aromatic heterocycles. The number of hydrogen-bond donors (Lipinski definition) is 1. The highest BCUT2D eigenvalue weighted by Gasteiger charge is 2.08. The van der Waals surface area contributed by atoms with E-state index < -0.39 is 0 Å². The lowest BCUT2D eigenvalue weighted by Gasteiger charge is -2.17. The number of nitrogens with one attached hydrogen (secondary N) is 1. The molecule has 0 heterocycles. The molecule has 108 valence electrons. The monoisotopic (exact) mass is 280 g/mol. The zero-order valence-electron chi connectivity index (χ0n) is 12.7. The lowest BCUT2D eigenvalue weighted by molar-refractivity contribution is 0.413. The van der Waals surface area contributed by atoms with Gasteiger partial charge in [-0.25, -0.2) is 0 Å². The van der Waals surface area contributed by atoms with Gasteiger partial charge in [0.1, 0.15) is 11.8 Å². The molecule has 0 amide bonds. The summed E-state index contributed by atoms with van der Waals surface area (Å²) >= 11 is 0. The van der Waals surface area contributed by atoms with Crippen molar-refractivity contribution in [2.75, 3.05) is 7.11 Å². The highest BCUT2D eigenvalue weighted by Crippen LogP contribution is 2.20. The number of rotatable bonds is 5. The number of nitriles is 1. The fourth-order valence-electron chi connectivity index (χ4n) is 2.41. The van der Waals surface area contributed by atoms with Crippen LogP contribution >= 0.6 is 0 Å². The molecule has 1 atom stereocenters. The van der Waals surface area contributed by atoms with Crippen molar-refractivity contribution in [3.63, 3.8) is 0 Å². The molecule has 2 aromatic rings. The van der Waals surface area contributed by atoms with Crippen molar-refractivity contribution in [3.05, 3.63) is 64.7 Å². The maximum absolute atomic E-state index is 9.12. The van der Waals surface area contributed by atoms with Gasteiger partial charge in [-0.3, -0.25) is 0 Å². The van der Waals surface area contributed by atoms with Crippen LogP contribution in [-0.4, -0.2) is 7.11 Å². The third-order valence-electron chi connectivity index (χ3n) is 3.65. The first kappa shape index (κ1) is 15.1. The zero-order valence-corrected chi connectivity index (χ0v) is 12.7. The van der Waals surface area contributed by atoms with Crippen LogP contribution in [0.2, 0.25) is 0 Å². The molecule has 0 spiro atoms. The maximum atomic E-state index is 9.12. The van der Waals surface area contributed by atoms with Gasteiger partial charge in [-0.1, -0.05) is 30.3 Å². The predicted octanol–water partition coefficient (Wildman–Crippen LogP) is 3.73. The summed E-state index contributed by atoms with van der Waals surface area (Å²) in [4.78, 5) is 0. The molecule has 0 aliphatic heterocycles. The largest absolute Gasteiger partial charge is 0.495 e. The molecule has 1 N–H and O–H groups in total. The van der Waals surface area contributed by atoms with E-state index in [1.54, 1.807) is 7.11 Å². The Labute approximate surface area is 126 Å². The molecule has 3 heteroatoms. The van der Waals surface area contributed by atoms with Gasteiger partial charge < -0.3 is 10.1 Å². The highest BCUT2D eigenvalue weighted by atomic mass is 16.5. The molecule has 0 saturated carbocycles. The first-order chi connectivity index (χ1) is 10.2. The number of ether oxygens (including phenoxy) is 1. The van der Waals surface area contributed by atoms with Crippen LogP contribution in [0.25, 0.3) is 0 Å². The summed E-state index contributed by atoms with van der Waals surface area (Å²) in [6.07, 6.45) is 0. The van der Waals surface area contributed by atoms with Gasteiger partial charge in [0.25, 0.3) is 0 Å². The molecule has 0 saturated heterocycles. The van der Waals surface area contributed by atoms with E-state index in [0.29, 0.717) is 17.9 Å². The molecule has 1 unspecified atom stereocenters. The predicted molar refractivity (Wildman–Crippen MR) is 84.1 cm³/mol. The van der Waals surface area contributed by atoms with E-state index in [1.165, 1.54) is 11.1 Å². The smallest absolute Gasteiger partial charge is 0.136 e. The van der Waals surface area contributed by atoms with E-state index in [1.807, 2.05) is 24.3 Å². The van der Waals surface area contributed by atoms with Crippen LogP contribution in [0, 0.1) is 18.3 Å². The van der Waals surface area contributed by atoms with Gasteiger partial charge in [-0.05, 0) is 42.7 Å². The fraction of sp³-hybridized carbons (Fsp3) is 0.278. The number of nitrogens with zero attached hydrogens (tertiary/aromatic N) is 1. The number of hydrogen-bond acceptors (Lipinski definition) is 3. The van der Waals surface area contributed by atoms with E-state index in [-0.39, 0.29) is 6.04 Å². The van der Waals surface area contributed by atoms with E-state index in [4.69, 9.17) is 10.00 Å². The Morgan fingerprint density at radius 2 is 2.00 bits per heavy atom. The minimum atomic E-state index is 0.263. The number of benzene rings is 2. The van der Waals surface area contributed by atoms with Gasteiger partial charge in [-0.2, -0.15) is 5.26 Å². The van der Waals surface area contributed by atoms with Crippen molar-refractivity contribution in [3.8, 4) is 11.8 Å². The van der Waals surface area contributed by atoms with E-state index in [0.717, 1.165) is 5.56 Å². The second-order valence-corrected chi connectivity index (χ2v) is 5.11. The molecular formula is C18H20N2O. The third-order valence-corrected chi connectivity index (χ3v) is 3.65. The minimum absolute atomic E-state index is 0.263. The normalized spacial score (nSPS) is 11.7. The molecule has 2 rings (SSSR count). The molecule has 2 aromatic carbocycles. The Hall–Kier alpha value is -2.31. The van der Waals surface area contributed by atoms with Gasteiger partial charge in [-0.15, -0.1) is 0 Å². The molecule has 0 aliphatic rings. The Balaban J connectivity index is 2.07. The van der Waals surface area contributed by atoms with Gasteiger partial charge >= 0.3 is 0 Å². The van der Waals surface area contributed by atoms with Crippen molar-refractivity contribution in [2.24, 2.45) is 0 Å². The van der Waals surface area contributed by atoms with Gasteiger partial charge in [0.15, 0.2) is 0 Å². The first-order valence-corrected chi connectivity index (χ1v) is 7.01. The molecule has 21 heavy (non-hydrogen) atoms. The standard InChI is InChI=1S/C18H20N2O/c1-13-6-4-5-7-17(13)14(2)20-12-15-8-9-18(21-3)16(10-15)11-19/h4-10,14,20H,12H2,1-3H3. The highest BCUT2D eigenvalue weighted by molar-refractivity contribution is 5.45. The van der Waals surface area contributed by atoms with Crippen molar-refractivity contribution in [2.45, 2.75) is 26.4 Å². The molecular weight excluding hydrogens is 260 g/mol. The molecule has 3 nitrogen and oxygen atoms in total. The average molecular weight is 280 g/mol. The second kappa shape index (κ2) is 6.92. The van der Waals surface area contributed by atoms with Crippen LogP contribution in [0.1, 0.15) is 35.2 Å². The quantitative estimate of drug-likeness (QED) is 0.907. The maximum Gasteiger partial charge on any atom is 0.136 e. The topological polar surface area (TPSA) is 45.0 Å². The van der Waals surface area contributed by atoms with Crippen LogP contribution in [-0.2, 0) is 6.54 Å². The van der Waals surface area contributed by atoms with Crippen LogP contribution in [0.3, 0.4) is 0 Å². The molecule has 0 radical (unpaired) electrons. The summed E-state index contributed by atoms with van der Waals surface area (Å²) in [7, 11) is 1.58. The Morgan fingerprint density at radius 3 is 2.67 bits per heavy atom. The summed E-state index contributed by atoms with van der Waals surface area (Å²) in [6.45, 7) is 4.99. The fourth-order valence-corrected chi connectivity index (χ4v) is 2.41. The number of aryl methyl sites for hydroxylation is 1. The molecule has 0 bridgehead atoms. The average Bonchev–Trinajstić information content (AvgIpc) is 2.52. The zero-order chi connectivity index (χ0) is 15.2. The first-order valence-electron chi connectivity index (χ1n) is 7.01. The molecule has 0 aliphatic carbocycles. The Kier molecular flexibility index (Phi) is 4.97. The van der Waals surface area contributed by atoms with Crippen molar-refractivity contribution in [1.82, 2.24) is 5.32 Å². The minimum Gasteiger partial charge on any atom is -0.495 e. The van der Waals surface area contributed by atoms with E-state index in [9.17, 15) is 0 Å². The van der Waals surface area contributed by atoms with Crippen molar-refractivity contribution in [1.29, 1.82) is 5.26 Å². The van der Waals surface area contributed by atoms with Crippen molar-refractivity contribution < 1.29 is 4.74 Å². The summed E-state index contributed by atoms with van der Waals surface area (Å²) in [5.41, 5.74) is 4.23. The van der Waals surface area contributed by atoms with E-state index >= 15 is 0 Å². The van der Waals surface area contributed by atoms with Crippen LogP contribution < -0.4 is 10.1 Å². The van der Waals surface area contributed by atoms with Gasteiger partial charge in [0.2, 0.25) is 0 Å². The lowest BCUT2D eigenvalue weighted by Crippen LogP contribution is -2.18. The Morgan fingerprint density at radius 1 is 1.24 bits per heavy atom. The van der Waals surface area contributed by atoms with Crippen LogP contribution in [0.15, 0.2) is 42.5 Å². The van der Waals surface area contributed by atoms with Crippen LogP contribution in [0.5, 0.6) is 5.75 Å². The second-order valence-electron chi connectivity index (χ2n) is 5.11. The van der Waals surface area contributed by atoms with Gasteiger partial charge in [0.05, 0.1) is 12.7 Å². The van der Waals surface area contributed by atoms with Crippen molar-refractivity contribution >= 4 is 0 Å². The summed E-state index contributed by atoms with van der Waals surface area (Å²) in [5, 5.41) is 12.6. The van der Waals surface area contributed by atoms with Gasteiger partial charge in [0, 0.05) is 12.6 Å². The van der Waals surface area contributed by atoms with Crippen LogP contribution in [0.4, 0.5) is 0 Å². The summed E-state index contributed by atoms with van der Waals surface area (Å²) in [5.74, 6) is 0.619. The lowest BCUT2D eigenvalue weighted by atomic mass is 10.0. The Bertz CT molecular complexity index is 659. The third kappa shape index (κ3) is 3.62. The molecule has 0 fully saturated rings. The summed E-state index contributed by atoms with van der Waals surface area (Å²) < 4.78 is 5.16. The van der Waals surface area contributed by atoms with E-state index in [2.05, 4.69) is 43.4 Å².